The lowest BCUT2D eigenvalue weighted by atomic mass is 10.0. The maximum absolute atomic E-state index is 14.5. The van der Waals surface area contributed by atoms with Crippen molar-refractivity contribution in [2.45, 2.75) is 25.8 Å². The highest BCUT2D eigenvalue weighted by molar-refractivity contribution is 5.67. The van der Waals surface area contributed by atoms with Crippen LogP contribution in [-0.2, 0) is 0 Å². The van der Waals surface area contributed by atoms with E-state index in [0.29, 0.717) is 17.6 Å². The quantitative estimate of drug-likeness (QED) is 0.443. The zero-order chi connectivity index (χ0) is 28.9. The van der Waals surface area contributed by atoms with Crippen molar-refractivity contribution in [2.75, 3.05) is 70.8 Å². The van der Waals surface area contributed by atoms with Gasteiger partial charge in [0.05, 0.1) is 25.5 Å². The number of benzene rings is 2. The first-order valence-corrected chi connectivity index (χ1v) is 13.9. The number of methoxy groups -OCH3 is 2. The van der Waals surface area contributed by atoms with Crippen molar-refractivity contribution in [3.63, 3.8) is 0 Å². The summed E-state index contributed by atoms with van der Waals surface area (Å²) in [5, 5.41) is 3.19. The fourth-order valence-corrected chi connectivity index (χ4v) is 5.39. The van der Waals surface area contributed by atoms with Gasteiger partial charge in [-0.25, -0.2) is 18.7 Å². The van der Waals surface area contributed by atoms with Gasteiger partial charge in [0.25, 0.3) is 0 Å². The molecular weight excluding hydrogens is 526 g/mol. The molecule has 0 amide bonds. The summed E-state index contributed by atoms with van der Waals surface area (Å²) in [7, 11) is 5.20. The molecule has 0 bridgehead atoms. The Kier molecular flexibility index (Phi) is 8.86. The summed E-state index contributed by atoms with van der Waals surface area (Å²) in [6, 6.07) is 7.94. The van der Waals surface area contributed by atoms with Gasteiger partial charge in [0, 0.05) is 69.5 Å². The zero-order valence-electron chi connectivity index (χ0n) is 24.0. The second-order valence-electron chi connectivity index (χ2n) is 10.5. The van der Waals surface area contributed by atoms with Crippen molar-refractivity contribution in [3.05, 3.63) is 65.0 Å². The number of nitrogens with zero attached hydrogens (tertiary/aromatic N) is 5. The summed E-state index contributed by atoms with van der Waals surface area (Å²) >= 11 is 0. The standard InChI is InChI=1S/C31H36F2N6O2/c1-21-17-28(41-4)30(33)25(29(21)32)7-5-22-19-34-31(35-20-22)36-23-6-8-26(27(18-23)40-3)39-11-9-24(10-12-39)38-15-13-37(2)14-16-38/h6,8,17-20,24H,9-16H2,1-4H3,(H,34,35,36). The van der Waals surface area contributed by atoms with Gasteiger partial charge < -0.3 is 24.6 Å². The van der Waals surface area contributed by atoms with E-state index in [9.17, 15) is 8.78 Å². The van der Waals surface area contributed by atoms with Crippen LogP contribution in [0, 0.1) is 30.4 Å². The topological polar surface area (TPSA) is 66.0 Å². The average Bonchev–Trinajstić information content (AvgIpc) is 3.00. The number of rotatable bonds is 6. The van der Waals surface area contributed by atoms with Crippen LogP contribution >= 0.6 is 0 Å². The van der Waals surface area contributed by atoms with Crippen molar-refractivity contribution in [1.82, 2.24) is 19.8 Å². The van der Waals surface area contributed by atoms with E-state index in [1.165, 1.54) is 32.5 Å². The van der Waals surface area contributed by atoms with E-state index in [1.54, 1.807) is 7.11 Å². The Labute approximate surface area is 240 Å². The van der Waals surface area contributed by atoms with E-state index < -0.39 is 11.6 Å². The van der Waals surface area contributed by atoms with Gasteiger partial charge in [-0.1, -0.05) is 11.8 Å². The van der Waals surface area contributed by atoms with E-state index in [-0.39, 0.29) is 16.9 Å². The Bertz CT molecular complexity index is 1420. The molecule has 216 valence electrons. The Morgan fingerprint density at radius 1 is 0.878 bits per heavy atom. The number of piperazine rings is 1. The molecule has 0 unspecified atom stereocenters. The monoisotopic (exact) mass is 562 g/mol. The molecule has 2 fully saturated rings. The number of piperidine rings is 1. The number of aromatic nitrogens is 2. The van der Waals surface area contributed by atoms with Gasteiger partial charge in [-0.2, -0.15) is 0 Å². The molecule has 2 saturated heterocycles. The van der Waals surface area contributed by atoms with E-state index >= 15 is 0 Å². The fraction of sp³-hybridized carbons (Fsp3) is 0.419. The predicted molar refractivity (Wildman–Crippen MR) is 156 cm³/mol. The fourth-order valence-electron chi connectivity index (χ4n) is 5.39. The van der Waals surface area contributed by atoms with Crippen LogP contribution in [0.4, 0.5) is 26.1 Å². The molecule has 8 nitrogen and oxygen atoms in total. The number of hydrogen-bond acceptors (Lipinski definition) is 8. The number of halogens is 2. The third kappa shape index (κ3) is 6.53. The van der Waals surface area contributed by atoms with Crippen molar-refractivity contribution in [1.29, 1.82) is 0 Å². The van der Waals surface area contributed by atoms with Gasteiger partial charge in [-0.05, 0) is 50.6 Å². The molecule has 2 aromatic carbocycles. The number of hydrogen-bond donors (Lipinski definition) is 1. The third-order valence-corrected chi connectivity index (χ3v) is 7.85. The van der Waals surface area contributed by atoms with E-state index in [1.807, 2.05) is 12.1 Å². The molecule has 3 heterocycles. The molecule has 0 aliphatic carbocycles. The third-order valence-electron chi connectivity index (χ3n) is 7.85. The van der Waals surface area contributed by atoms with Crippen molar-refractivity contribution < 1.29 is 18.3 Å². The molecule has 0 atom stereocenters. The summed E-state index contributed by atoms with van der Waals surface area (Å²) < 4.78 is 39.7. The molecule has 1 aromatic heterocycles. The number of ether oxygens (including phenoxy) is 2. The largest absolute Gasteiger partial charge is 0.495 e. The van der Waals surface area contributed by atoms with E-state index in [2.05, 4.69) is 54.9 Å². The maximum atomic E-state index is 14.5. The highest BCUT2D eigenvalue weighted by Crippen LogP contribution is 2.34. The Morgan fingerprint density at radius 3 is 2.22 bits per heavy atom. The van der Waals surface area contributed by atoms with Gasteiger partial charge in [0.2, 0.25) is 5.95 Å². The predicted octanol–water partition coefficient (Wildman–Crippen LogP) is 4.44. The maximum Gasteiger partial charge on any atom is 0.227 e. The van der Waals surface area contributed by atoms with E-state index in [4.69, 9.17) is 9.47 Å². The van der Waals surface area contributed by atoms with Crippen molar-refractivity contribution in [3.8, 4) is 23.3 Å². The molecule has 0 spiro atoms. The van der Waals surface area contributed by atoms with Crippen LogP contribution in [0.5, 0.6) is 11.5 Å². The average molecular weight is 563 g/mol. The molecule has 5 rings (SSSR count). The minimum atomic E-state index is -0.834. The smallest absolute Gasteiger partial charge is 0.227 e. The van der Waals surface area contributed by atoms with Crippen LogP contribution in [-0.4, -0.2) is 86.3 Å². The number of nitrogens with one attached hydrogen (secondary N) is 1. The molecule has 0 saturated carbocycles. The Balaban J connectivity index is 1.22. The number of likely N-dealkylation sites (N-methyl/N-ethyl adjacent to an activating group) is 1. The second-order valence-corrected chi connectivity index (χ2v) is 10.5. The SMILES string of the molecule is COc1cc(Nc2ncc(C#Cc3c(F)c(C)cc(OC)c3F)cn2)ccc1N1CCC(N2CCN(C)CC2)CC1. The van der Waals surface area contributed by atoms with Crippen LogP contribution in [0.3, 0.4) is 0 Å². The molecule has 10 heteroatoms. The Morgan fingerprint density at radius 2 is 1.56 bits per heavy atom. The summed E-state index contributed by atoms with van der Waals surface area (Å²) in [5.74, 6) is 4.83. The first-order valence-electron chi connectivity index (χ1n) is 13.9. The summed E-state index contributed by atoms with van der Waals surface area (Å²) in [6.45, 7) is 8.12. The molecular formula is C31H36F2N6O2. The number of aryl methyl sites for hydroxylation is 1. The van der Waals surface area contributed by atoms with Crippen LogP contribution in [0.1, 0.15) is 29.5 Å². The molecule has 0 radical (unpaired) electrons. The lowest BCUT2D eigenvalue weighted by Crippen LogP contribution is -2.52. The van der Waals surface area contributed by atoms with Crippen molar-refractivity contribution in [2.24, 2.45) is 0 Å². The molecule has 2 aliphatic rings. The Hall–Kier alpha value is -3.94. The van der Waals surface area contributed by atoms with Crippen LogP contribution in [0.25, 0.3) is 0 Å². The van der Waals surface area contributed by atoms with Crippen LogP contribution < -0.4 is 19.7 Å². The van der Waals surface area contributed by atoms with Crippen LogP contribution in [0.2, 0.25) is 0 Å². The lowest BCUT2D eigenvalue weighted by molar-refractivity contribution is 0.0981. The van der Waals surface area contributed by atoms with Crippen molar-refractivity contribution >= 4 is 17.3 Å². The minimum Gasteiger partial charge on any atom is -0.495 e. The summed E-state index contributed by atoms with van der Waals surface area (Å²) in [6.07, 6.45) is 5.29. The van der Waals surface area contributed by atoms with Gasteiger partial charge in [-0.15, -0.1) is 0 Å². The number of anilines is 3. The van der Waals surface area contributed by atoms with Crippen LogP contribution in [0.15, 0.2) is 36.7 Å². The molecule has 41 heavy (non-hydrogen) atoms. The normalized spacial score (nSPS) is 16.7. The van der Waals surface area contributed by atoms with Gasteiger partial charge in [-0.3, -0.25) is 4.90 Å². The minimum absolute atomic E-state index is 0.0550. The van der Waals surface area contributed by atoms with E-state index in [0.717, 1.165) is 69.2 Å². The van der Waals surface area contributed by atoms with Gasteiger partial charge >= 0.3 is 0 Å². The summed E-state index contributed by atoms with van der Waals surface area (Å²) in [4.78, 5) is 16.1. The zero-order valence-corrected chi connectivity index (χ0v) is 24.0. The molecule has 2 aliphatic heterocycles. The first-order chi connectivity index (χ1) is 19.9. The first kappa shape index (κ1) is 28.6. The van der Waals surface area contributed by atoms with Gasteiger partial charge in [0.1, 0.15) is 17.1 Å². The summed E-state index contributed by atoms with van der Waals surface area (Å²) in [5.41, 5.74) is 2.18. The highest BCUT2D eigenvalue weighted by Gasteiger charge is 2.27. The lowest BCUT2D eigenvalue weighted by Gasteiger charge is -2.42. The highest BCUT2D eigenvalue weighted by atomic mass is 19.1. The van der Waals surface area contributed by atoms with Gasteiger partial charge in [0.15, 0.2) is 11.6 Å². The second kappa shape index (κ2) is 12.7. The molecule has 1 N–H and O–H groups in total. The molecule has 3 aromatic rings.